The number of hydrogen-bond donors (Lipinski definition) is 1. The van der Waals surface area contributed by atoms with Gasteiger partial charge in [-0.15, -0.1) is 0 Å². The van der Waals surface area contributed by atoms with E-state index in [1.54, 1.807) is 49.4 Å². The molecule has 3 aromatic carbocycles. The molecule has 1 aromatic heterocycles. The second-order valence-electron chi connectivity index (χ2n) is 8.66. The third kappa shape index (κ3) is 6.32. The van der Waals surface area contributed by atoms with E-state index in [9.17, 15) is 13.2 Å². The molecule has 0 aliphatic heterocycles. The van der Waals surface area contributed by atoms with Gasteiger partial charge in [0.2, 0.25) is 0 Å². The van der Waals surface area contributed by atoms with Crippen LogP contribution in [0, 0.1) is 13.8 Å². The number of ether oxygens (including phenoxy) is 1. The molecule has 39 heavy (non-hydrogen) atoms. The molecule has 0 aliphatic rings. The maximum absolute atomic E-state index is 13.6. The molecule has 1 amide bonds. The fourth-order valence-electron chi connectivity index (χ4n) is 4.21. The van der Waals surface area contributed by atoms with Gasteiger partial charge in [-0.05, 0) is 75.4 Å². The SMILES string of the molecule is CCOc1ccccc1N(CC(=O)N/N=C/c1cc(C)n(-c2ccc(Cl)cc2)c1C)S(=O)(=O)c1ccccc1. The van der Waals surface area contributed by atoms with Gasteiger partial charge in [0.1, 0.15) is 12.3 Å². The van der Waals surface area contributed by atoms with Gasteiger partial charge in [0, 0.05) is 27.7 Å². The van der Waals surface area contributed by atoms with Crippen molar-refractivity contribution in [1.82, 2.24) is 9.99 Å². The predicted octanol–water partition coefficient (Wildman–Crippen LogP) is 5.49. The molecule has 0 bridgehead atoms. The summed E-state index contributed by atoms with van der Waals surface area (Å²) >= 11 is 6.03. The number of aromatic nitrogens is 1. The summed E-state index contributed by atoms with van der Waals surface area (Å²) in [5.74, 6) is -0.256. The van der Waals surface area contributed by atoms with Crippen LogP contribution in [0.15, 0.2) is 94.9 Å². The third-order valence-electron chi connectivity index (χ3n) is 6.00. The molecule has 0 radical (unpaired) electrons. The first-order valence-corrected chi connectivity index (χ1v) is 14.1. The Morgan fingerprint density at radius 2 is 1.69 bits per heavy atom. The van der Waals surface area contributed by atoms with Crippen LogP contribution >= 0.6 is 11.6 Å². The van der Waals surface area contributed by atoms with Crippen LogP contribution in [0.5, 0.6) is 5.75 Å². The molecule has 0 saturated heterocycles. The first kappa shape index (κ1) is 27.9. The smallest absolute Gasteiger partial charge is 0.264 e. The molecule has 0 fully saturated rings. The largest absolute Gasteiger partial charge is 0.492 e. The Kier molecular flexibility index (Phi) is 8.73. The summed E-state index contributed by atoms with van der Waals surface area (Å²) in [6, 6.07) is 24.1. The second-order valence-corrected chi connectivity index (χ2v) is 11.0. The van der Waals surface area contributed by atoms with Crippen LogP contribution < -0.4 is 14.5 Å². The van der Waals surface area contributed by atoms with Gasteiger partial charge in [-0.2, -0.15) is 5.10 Å². The molecule has 10 heteroatoms. The van der Waals surface area contributed by atoms with Gasteiger partial charge in [-0.1, -0.05) is 41.9 Å². The van der Waals surface area contributed by atoms with Crippen molar-refractivity contribution in [3.63, 3.8) is 0 Å². The summed E-state index contributed by atoms with van der Waals surface area (Å²) in [4.78, 5) is 13.0. The minimum atomic E-state index is -4.08. The minimum Gasteiger partial charge on any atom is -0.492 e. The Balaban J connectivity index is 1.57. The minimum absolute atomic E-state index is 0.0576. The van der Waals surface area contributed by atoms with E-state index in [0.29, 0.717) is 17.4 Å². The van der Waals surface area contributed by atoms with E-state index < -0.39 is 22.5 Å². The molecule has 0 atom stereocenters. The highest BCUT2D eigenvalue weighted by atomic mass is 35.5. The van der Waals surface area contributed by atoms with E-state index in [4.69, 9.17) is 16.3 Å². The zero-order chi connectivity index (χ0) is 28.0. The highest BCUT2D eigenvalue weighted by Gasteiger charge is 2.29. The van der Waals surface area contributed by atoms with Crippen molar-refractivity contribution in [1.29, 1.82) is 0 Å². The Morgan fingerprint density at radius 3 is 2.38 bits per heavy atom. The molecule has 1 N–H and O–H groups in total. The Labute approximate surface area is 233 Å². The highest BCUT2D eigenvalue weighted by Crippen LogP contribution is 2.32. The lowest BCUT2D eigenvalue weighted by Gasteiger charge is -2.25. The number of nitrogens with one attached hydrogen (secondary N) is 1. The lowest BCUT2D eigenvalue weighted by atomic mass is 10.2. The maximum atomic E-state index is 13.6. The number of carbonyl (C=O) groups is 1. The number of halogens is 1. The van der Waals surface area contributed by atoms with E-state index in [1.165, 1.54) is 18.3 Å². The molecule has 0 aliphatic carbocycles. The van der Waals surface area contributed by atoms with Gasteiger partial charge in [0.25, 0.3) is 15.9 Å². The molecule has 0 saturated carbocycles. The molecule has 4 aromatic rings. The fourth-order valence-corrected chi connectivity index (χ4v) is 5.78. The van der Waals surface area contributed by atoms with Crippen molar-refractivity contribution in [3.8, 4) is 11.4 Å². The van der Waals surface area contributed by atoms with Gasteiger partial charge in [-0.25, -0.2) is 13.8 Å². The standard InChI is InChI=1S/C29H29ClN4O4S/c1-4-38-28-13-9-8-12-27(28)33(39(36,37)26-10-6-5-7-11-26)20-29(35)32-31-19-23-18-21(2)34(22(23)3)25-16-14-24(30)15-17-25/h5-19H,4,20H2,1-3H3,(H,32,35)/b31-19+. The number of para-hydroxylation sites is 2. The maximum Gasteiger partial charge on any atom is 0.264 e. The second kappa shape index (κ2) is 12.2. The number of hydrogen-bond acceptors (Lipinski definition) is 5. The number of anilines is 1. The van der Waals surface area contributed by atoms with Crippen LogP contribution in [0.1, 0.15) is 23.9 Å². The monoisotopic (exact) mass is 564 g/mol. The normalized spacial score (nSPS) is 11.5. The van der Waals surface area contributed by atoms with Crippen LogP contribution in [0.4, 0.5) is 5.69 Å². The molecular weight excluding hydrogens is 536 g/mol. The third-order valence-corrected chi connectivity index (χ3v) is 8.03. The van der Waals surface area contributed by atoms with Gasteiger partial charge in [-0.3, -0.25) is 9.10 Å². The summed E-state index contributed by atoms with van der Waals surface area (Å²) < 4.78 is 36.0. The highest BCUT2D eigenvalue weighted by molar-refractivity contribution is 7.92. The zero-order valence-corrected chi connectivity index (χ0v) is 23.4. The van der Waals surface area contributed by atoms with Crippen LogP contribution in [0.3, 0.4) is 0 Å². The lowest BCUT2D eigenvalue weighted by Crippen LogP contribution is -2.39. The number of sulfonamides is 1. The number of nitrogens with zero attached hydrogens (tertiary/aromatic N) is 3. The summed E-state index contributed by atoms with van der Waals surface area (Å²) in [7, 11) is -4.08. The Morgan fingerprint density at radius 1 is 1.03 bits per heavy atom. The quantitative estimate of drug-likeness (QED) is 0.203. The van der Waals surface area contributed by atoms with Crippen molar-refractivity contribution in [2.45, 2.75) is 25.7 Å². The number of aryl methyl sites for hydroxylation is 1. The zero-order valence-electron chi connectivity index (χ0n) is 21.8. The fraction of sp³-hybridized carbons (Fsp3) is 0.172. The van der Waals surface area contributed by atoms with Gasteiger partial charge < -0.3 is 9.30 Å². The molecule has 0 unspecified atom stereocenters. The topological polar surface area (TPSA) is 93.0 Å². The van der Waals surface area contributed by atoms with Crippen LogP contribution in [-0.4, -0.2) is 38.3 Å². The van der Waals surface area contributed by atoms with E-state index in [-0.39, 0.29) is 10.6 Å². The molecule has 4 rings (SSSR count). The van der Waals surface area contributed by atoms with Crippen LogP contribution in [0.25, 0.3) is 5.69 Å². The lowest BCUT2D eigenvalue weighted by molar-refractivity contribution is -0.119. The van der Waals surface area contributed by atoms with Crippen LogP contribution in [-0.2, 0) is 14.8 Å². The summed E-state index contributed by atoms with van der Waals surface area (Å²) in [6.45, 7) is 5.56. The van der Waals surface area contributed by atoms with Crippen molar-refractivity contribution in [2.75, 3.05) is 17.5 Å². The van der Waals surface area contributed by atoms with E-state index in [1.807, 2.05) is 44.2 Å². The van der Waals surface area contributed by atoms with Crippen molar-refractivity contribution in [3.05, 3.63) is 107 Å². The van der Waals surface area contributed by atoms with Crippen molar-refractivity contribution < 1.29 is 17.9 Å². The average molecular weight is 565 g/mol. The van der Waals surface area contributed by atoms with E-state index in [2.05, 4.69) is 15.1 Å². The summed E-state index contributed by atoms with van der Waals surface area (Å²) in [5.41, 5.74) is 6.38. The number of rotatable bonds is 10. The molecule has 8 nitrogen and oxygen atoms in total. The first-order chi connectivity index (χ1) is 18.7. The summed E-state index contributed by atoms with van der Waals surface area (Å²) in [6.07, 6.45) is 1.54. The van der Waals surface area contributed by atoms with Crippen molar-refractivity contribution >= 4 is 39.4 Å². The predicted molar refractivity (Wildman–Crippen MR) is 155 cm³/mol. The molecular formula is C29H29ClN4O4S. The number of amides is 1. The van der Waals surface area contributed by atoms with Gasteiger partial charge in [0.15, 0.2) is 0 Å². The van der Waals surface area contributed by atoms with Gasteiger partial charge in [0.05, 0.1) is 23.4 Å². The van der Waals surface area contributed by atoms with Crippen molar-refractivity contribution in [2.24, 2.45) is 5.10 Å². The van der Waals surface area contributed by atoms with E-state index >= 15 is 0 Å². The van der Waals surface area contributed by atoms with Crippen LogP contribution in [0.2, 0.25) is 5.02 Å². The molecule has 1 heterocycles. The van der Waals surface area contributed by atoms with Gasteiger partial charge >= 0.3 is 0 Å². The molecule has 202 valence electrons. The summed E-state index contributed by atoms with van der Waals surface area (Å²) in [5, 5.41) is 4.76. The molecule has 0 spiro atoms. The first-order valence-electron chi connectivity index (χ1n) is 12.3. The average Bonchev–Trinajstić information content (AvgIpc) is 3.21. The number of hydrazone groups is 1. The Hall–Kier alpha value is -4.08. The number of benzene rings is 3. The van der Waals surface area contributed by atoms with E-state index in [0.717, 1.165) is 26.9 Å². The Bertz CT molecular complexity index is 1580. The number of carbonyl (C=O) groups excluding carboxylic acids is 1.